The lowest BCUT2D eigenvalue weighted by Crippen LogP contribution is -2.42. The van der Waals surface area contributed by atoms with Crippen LogP contribution in [0.5, 0.6) is 5.75 Å². The Bertz CT molecular complexity index is 1170. The zero-order valence-corrected chi connectivity index (χ0v) is 21.4. The molecule has 11 nitrogen and oxygen atoms in total. The molecule has 0 bridgehead atoms. The van der Waals surface area contributed by atoms with Crippen LogP contribution in [0.25, 0.3) is 0 Å². The number of β-amino-alcohol motifs (C(OH)–C–C–N with tert-alkyl or cyclic N) is 1. The summed E-state index contributed by atoms with van der Waals surface area (Å²) in [5.41, 5.74) is 0.974. The van der Waals surface area contributed by atoms with Crippen molar-refractivity contribution >= 4 is 52.6 Å². The number of halogens is 2. The van der Waals surface area contributed by atoms with Crippen molar-refractivity contribution in [3.63, 3.8) is 0 Å². The molecule has 198 valence electrons. The Morgan fingerprint density at radius 1 is 1.16 bits per heavy atom. The fraction of sp³-hybridized carbons (Fsp3) is 0.333. The number of aliphatic hydroxyl groups is 1. The van der Waals surface area contributed by atoms with Gasteiger partial charge in [-0.15, -0.1) is 0 Å². The number of aliphatic hydroxyl groups excluding tert-OH is 1. The number of ether oxygens (including phenoxy) is 1. The summed E-state index contributed by atoms with van der Waals surface area (Å²) in [5, 5.41) is 31.2. The fourth-order valence-electron chi connectivity index (χ4n) is 3.49. The second-order valence-corrected chi connectivity index (χ2v) is 9.01. The van der Waals surface area contributed by atoms with Crippen LogP contribution in [-0.2, 0) is 14.3 Å². The van der Waals surface area contributed by atoms with Gasteiger partial charge in [-0.1, -0.05) is 23.2 Å². The first-order chi connectivity index (χ1) is 17.6. The summed E-state index contributed by atoms with van der Waals surface area (Å²) in [6.07, 6.45) is -0.754. The highest BCUT2D eigenvalue weighted by Gasteiger charge is 2.21. The van der Waals surface area contributed by atoms with E-state index < -0.39 is 36.5 Å². The molecule has 0 fully saturated rings. The first-order valence-electron chi connectivity index (χ1n) is 11.4. The number of aliphatic imine (C=N–C) groups is 1. The number of phenols is 1. The number of guanidine groups is 1. The van der Waals surface area contributed by atoms with Gasteiger partial charge in [0.15, 0.2) is 5.96 Å². The van der Waals surface area contributed by atoms with Gasteiger partial charge in [-0.05, 0) is 42.8 Å². The third kappa shape index (κ3) is 8.81. The summed E-state index contributed by atoms with van der Waals surface area (Å²) in [5.74, 6) is -1.51. The minimum Gasteiger partial charge on any atom is -0.508 e. The molecule has 0 radical (unpaired) electrons. The first-order valence-corrected chi connectivity index (χ1v) is 12.1. The third-order valence-corrected chi connectivity index (χ3v) is 5.55. The number of carbonyl (C=O) groups is 3. The number of rotatable bonds is 9. The van der Waals surface area contributed by atoms with Crippen molar-refractivity contribution in [1.29, 1.82) is 0 Å². The Morgan fingerprint density at radius 3 is 2.54 bits per heavy atom. The van der Waals surface area contributed by atoms with Gasteiger partial charge in [0.2, 0.25) is 5.91 Å². The number of hydrogen-bond donors (Lipinski definition) is 6. The van der Waals surface area contributed by atoms with E-state index in [0.717, 1.165) is 0 Å². The van der Waals surface area contributed by atoms with Gasteiger partial charge >= 0.3 is 5.97 Å². The molecule has 1 aliphatic rings. The number of esters is 1. The van der Waals surface area contributed by atoms with E-state index in [-0.39, 0.29) is 30.9 Å². The first kappa shape index (κ1) is 28.0. The number of benzene rings is 2. The summed E-state index contributed by atoms with van der Waals surface area (Å²) in [4.78, 5) is 41.5. The van der Waals surface area contributed by atoms with Crippen molar-refractivity contribution < 1.29 is 29.3 Å². The number of amides is 2. The molecule has 3 rings (SSSR count). The maximum absolute atomic E-state index is 12.7. The van der Waals surface area contributed by atoms with E-state index in [2.05, 4.69) is 26.3 Å². The number of phenolic OH excluding ortho intramolecular Hbond substituents is 1. The molecule has 2 atom stereocenters. The average molecular weight is 552 g/mol. The highest BCUT2D eigenvalue weighted by Crippen LogP contribution is 2.26. The fourth-order valence-corrected chi connectivity index (χ4v) is 4.03. The van der Waals surface area contributed by atoms with Crippen LogP contribution in [0.4, 0.5) is 5.69 Å². The predicted octanol–water partition coefficient (Wildman–Crippen LogP) is 1.97. The molecular formula is C24H27Cl2N5O6. The van der Waals surface area contributed by atoms with Crippen LogP contribution >= 0.6 is 23.2 Å². The van der Waals surface area contributed by atoms with Crippen LogP contribution in [0.15, 0.2) is 41.4 Å². The monoisotopic (exact) mass is 551 g/mol. The van der Waals surface area contributed by atoms with Crippen molar-refractivity contribution in [2.45, 2.75) is 25.5 Å². The molecule has 1 heterocycles. The summed E-state index contributed by atoms with van der Waals surface area (Å²) in [6.45, 7) is 1.97. The second-order valence-electron chi connectivity index (χ2n) is 8.13. The normalized spacial score (nSPS) is 15.6. The molecule has 6 N–H and O–H groups in total. The molecule has 2 unspecified atom stereocenters. The van der Waals surface area contributed by atoms with Gasteiger partial charge in [0.25, 0.3) is 5.91 Å². The smallest absolute Gasteiger partial charge is 0.308 e. The molecule has 0 saturated heterocycles. The lowest BCUT2D eigenvalue weighted by molar-refractivity contribution is -0.143. The molecule has 2 aromatic carbocycles. The quantitative estimate of drug-likeness (QED) is 0.258. The van der Waals surface area contributed by atoms with Crippen molar-refractivity contribution in [2.75, 3.05) is 31.6 Å². The molecule has 0 aromatic heterocycles. The molecular weight excluding hydrogens is 525 g/mol. The van der Waals surface area contributed by atoms with Gasteiger partial charge in [-0.2, -0.15) is 0 Å². The average Bonchev–Trinajstić information content (AvgIpc) is 2.83. The van der Waals surface area contributed by atoms with Gasteiger partial charge in [-0.3, -0.25) is 19.4 Å². The summed E-state index contributed by atoms with van der Waals surface area (Å²) in [7, 11) is 0. The van der Waals surface area contributed by atoms with Crippen LogP contribution in [0.1, 0.15) is 35.3 Å². The number of hydrogen-bond acceptors (Lipinski definition) is 9. The summed E-state index contributed by atoms with van der Waals surface area (Å²) >= 11 is 12.1. The van der Waals surface area contributed by atoms with Crippen LogP contribution < -0.4 is 21.3 Å². The second kappa shape index (κ2) is 13.1. The SMILES string of the molecule is CCOC(=O)CC(NC(=O)CNC(=O)c1cc(O)cc(NC2=NCC(O)CN2)c1)c1cc(Cl)cc(Cl)c1. The standard InChI is InChI=1S/C24H27Cl2N5O6/c1-2-37-22(35)9-20(13-3-15(25)7-16(26)4-13)31-21(34)12-27-23(36)14-5-17(8-18(32)6-14)30-24-28-10-19(33)11-29-24/h3-8,19-20,32-33H,2,9-12H2,1H3,(H,27,36)(H,31,34)(H2,28,29,30). The van der Waals surface area contributed by atoms with E-state index in [1.807, 2.05) is 0 Å². The Balaban J connectivity index is 1.64. The molecule has 37 heavy (non-hydrogen) atoms. The number of nitrogens with zero attached hydrogens (tertiary/aromatic N) is 1. The van der Waals surface area contributed by atoms with Gasteiger partial charge < -0.3 is 36.2 Å². The minimum absolute atomic E-state index is 0.0939. The molecule has 0 saturated carbocycles. The van der Waals surface area contributed by atoms with Gasteiger partial charge in [0, 0.05) is 33.9 Å². The highest BCUT2D eigenvalue weighted by atomic mass is 35.5. The number of nitrogens with one attached hydrogen (secondary N) is 4. The van der Waals surface area contributed by atoms with Crippen molar-refractivity contribution in [3.8, 4) is 5.75 Å². The Hall–Kier alpha value is -3.54. The van der Waals surface area contributed by atoms with Crippen LogP contribution in [0.2, 0.25) is 10.0 Å². The maximum Gasteiger partial charge on any atom is 0.308 e. The third-order valence-electron chi connectivity index (χ3n) is 5.12. The predicted molar refractivity (Wildman–Crippen MR) is 139 cm³/mol. The Morgan fingerprint density at radius 2 is 1.89 bits per heavy atom. The minimum atomic E-state index is -0.793. The maximum atomic E-state index is 12.7. The van der Waals surface area contributed by atoms with Crippen LogP contribution in [-0.4, -0.2) is 66.3 Å². The van der Waals surface area contributed by atoms with E-state index in [0.29, 0.717) is 33.8 Å². The van der Waals surface area contributed by atoms with Crippen molar-refractivity contribution in [1.82, 2.24) is 16.0 Å². The van der Waals surface area contributed by atoms with Gasteiger partial charge in [0.1, 0.15) is 5.75 Å². The van der Waals surface area contributed by atoms with Gasteiger partial charge in [-0.25, -0.2) is 0 Å². The number of anilines is 1. The molecule has 2 aromatic rings. The zero-order valence-electron chi connectivity index (χ0n) is 19.9. The Labute approximate surface area is 223 Å². The topological polar surface area (TPSA) is 161 Å². The largest absolute Gasteiger partial charge is 0.508 e. The van der Waals surface area contributed by atoms with Gasteiger partial charge in [0.05, 0.1) is 38.3 Å². The molecule has 2 amide bonds. The highest BCUT2D eigenvalue weighted by molar-refractivity contribution is 6.34. The van der Waals surface area contributed by atoms with Crippen LogP contribution in [0, 0.1) is 0 Å². The summed E-state index contributed by atoms with van der Waals surface area (Å²) in [6, 6.07) is 7.99. The molecule has 13 heteroatoms. The lowest BCUT2D eigenvalue weighted by Gasteiger charge is -2.20. The van der Waals surface area contributed by atoms with Crippen LogP contribution in [0.3, 0.4) is 0 Å². The molecule has 1 aliphatic heterocycles. The zero-order chi connectivity index (χ0) is 26.9. The number of carbonyl (C=O) groups excluding carboxylic acids is 3. The van der Waals surface area contributed by atoms with E-state index in [4.69, 9.17) is 27.9 Å². The number of aromatic hydroxyl groups is 1. The molecule has 0 aliphatic carbocycles. The van der Waals surface area contributed by atoms with E-state index in [9.17, 15) is 24.6 Å². The van der Waals surface area contributed by atoms with E-state index in [1.165, 1.54) is 24.3 Å². The Kier molecular flexibility index (Phi) is 9.95. The van der Waals surface area contributed by atoms with E-state index in [1.54, 1.807) is 19.1 Å². The van der Waals surface area contributed by atoms with E-state index >= 15 is 0 Å². The lowest BCUT2D eigenvalue weighted by atomic mass is 10.0. The van der Waals surface area contributed by atoms with Crippen molar-refractivity contribution in [2.24, 2.45) is 4.99 Å². The summed E-state index contributed by atoms with van der Waals surface area (Å²) < 4.78 is 4.99. The van der Waals surface area contributed by atoms with Crippen molar-refractivity contribution in [3.05, 3.63) is 57.6 Å². The molecule has 0 spiro atoms.